The third-order valence-corrected chi connectivity index (χ3v) is 8.64. The van der Waals surface area contributed by atoms with Gasteiger partial charge in [-0.05, 0) is 76.9 Å². The van der Waals surface area contributed by atoms with Gasteiger partial charge in [0, 0.05) is 42.8 Å². The van der Waals surface area contributed by atoms with Crippen LogP contribution in [0.25, 0.3) is 10.2 Å². The minimum Gasteiger partial charge on any atom is -0.384 e. The van der Waals surface area contributed by atoms with E-state index in [0.717, 1.165) is 42.7 Å². The summed E-state index contributed by atoms with van der Waals surface area (Å²) in [6, 6.07) is 12.4. The van der Waals surface area contributed by atoms with E-state index in [1.54, 1.807) is 42.5 Å². The van der Waals surface area contributed by atoms with Crippen molar-refractivity contribution < 1.29 is 17.4 Å². The maximum atomic E-state index is 12.8. The number of thiazole rings is 1. The molecule has 3 aromatic rings. The lowest BCUT2D eigenvalue weighted by Crippen LogP contribution is -2.40. The van der Waals surface area contributed by atoms with Crippen LogP contribution in [0.2, 0.25) is 0 Å². The average Bonchev–Trinajstić information content (AvgIpc) is 3.16. The Morgan fingerprint density at radius 2 is 1.81 bits per heavy atom. The van der Waals surface area contributed by atoms with Crippen LogP contribution in [0, 0.1) is 5.92 Å². The Morgan fingerprint density at radius 3 is 2.42 bits per heavy atom. The lowest BCUT2D eigenvalue weighted by Gasteiger charge is -2.30. The van der Waals surface area contributed by atoms with E-state index in [0.29, 0.717) is 22.7 Å². The molecule has 10 heteroatoms. The predicted octanol–water partition coefficient (Wildman–Crippen LogP) is 5.33. The first-order valence-corrected chi connectivity index (χ1v) is 14.6. The molecule has 1 aliphatic rings. The molecule has 4 rings (SSSR count). The van der Waals surface area contributed by atoms with Crippen LogP contribution in [-0.2, 0) is 14.9 Å². The first-order chi connectivity index (χ1) is 17.1. The number of hydrogen-bond acceptors (Lipinski definition) is 8. The number of aromatic nitrogens is 1. The summed E-state index contributed by atoms with van der Waals surface area (Å²) in [6.45, 7) is 10.4. The molecule has 0 spiro atoms. The summed E-state index contributed by atoms with van der Waals surface area (Å²) >= 11 is 1.30. The van der Waals surface area contributed by atoms with E-state index in [2.05, 4.69) is 48.2 Å². The van der Waals surface area contributed by atoms with Gasteiger partial charge in [0.2, 0.25) is 5.91 Å². The molecule has 2 N–H and O–H groups in total. The second-order valence-electron chi connectivity index (χ2n) is 9.68. The van der Waals surface area contributed by atoms with Crippen molar-refractivity contribution in [1.29, 1.82) is 0 Å². The van der Waals surface area contributed by atoms with Crippen molar-refractivity contribution in [3.05, 3.63) is 42.5 Å². The standard InChI is InChI=1S/C26H34N4O4S2/c1-17(2)30(18(3)4)15-14-27-20-8-11-22(12-9-20)36(32,33)34-21-10-13-23-24(16-21)35-26(28-23)29-25(31)19-6-5-7-19/h8-13,16-19,27H,5-7,14-15H2,1-4H3,(H,28,29,31). The summed E-state index contributed by atoms with van der Waals surface area (Å²) in [4.78, 5) is 19.1. The topological polar surface area (TPSA) is 101 Å². The van der Waals surface area contributed by atoms with E-state index in [4.69, 9.17) is 4.18 Å². The van der Waals surface area contributed by atoms with Gasteiger partial charge in [-0.15, -0.1) is 0 Å². The Morgan fingerprint density at radius 1 is 1.11 bits per heavy atom. The molecule has 0 unspecified atom stereocenters. The number of carbonyl (C=O) groups excluding carboxylic acids is 1. The van der Waals surface area contributed by atoms with Gasteiger partial charge >= 0.3 is 10.1 Å². The molecular weight excluding hydrogens is 496 g/mol. The molecule has 1 saturated carbocycles. The van der Waals surface area contributed by atoms with E-state index in [-0.39, 0.29) is 22.5 Å². The first kappa shape index (κ1) is 26.4. The van der Waals surface area contributed by atoms with Crippen molar-refractivity contribution in [1.82, 2.24) is 9.88 Å². The van der Waals surface area contributed by atoms with Crippen LogP contribution in [0.1, 0.15) is 47.0 Å². The summed E-state index contributed by atoms with van der Waals surface area (Å²) in [5.41, 5.74) is 1.53. The number of carbonyl (C=O) groups is 1. The Balaban J connectivity index is 1.37. The monoisotopic (exact) mass is 530 g/mol. The molecule has 8 nitrogen and oxygen atoms in total. The van der Waals surface area contributed by atoms with Crippen LogP contribution >= 0.6 is 11.3 Å². The Hall–Kier alpha value is -2.69. The third kappa shape index (κ3) is 6.35. The van der Waals surface area contributed by atoms with Gasteiger partial charge in [-0.3, -0.25) is 9.69 Å². The highest BCUT2D eigenvalue weighted by Gasteiger charge is 2.26. The molecule has 1 amide bonds. The van der Waals surface area contributed by atoms with Gasteiger partial charge < -0.3 is 14.8 Å². The highest BCUT2D eigenvalue weighted by atomic mass is 32.2. The van der Waals surface area contributed by atoms with Crippen LogP contribution in [-0.4, -0.2) is 49.4 Å². The fourth-order valence-electron chi connectivity index (χ4n) is 4.24. The van der Waals surface area contributed by atoms with Crippen molar-refractivity contribution in [2.45, 2.75) is 63.9 Å². The van der Waals surface area contributed by atoms with Crippen molar-refractivity contribution in [3.63, 3.8) is 0 Å². The first-order valence-electron chi connectivity index (χ1n) is 12.4. The molecular formula is C26H34N4O4S2. The fraction of sp³-hybridized carbons (Fsp3) is 0.462. The van der Waals surface area contributed by atoms with Gasteiger partial charge in [0.25, 0.3) is 0 Å². The van der Waals surface area contributed by atoms with Crippen molar-refractivity contribution in [3.8, 4) is 5.75 Å². The number of fused-ring (bicyclic) bond motifs is 1. The molecule has 0 atom stereocenters. The Kier molecular flexibility index (Phi) is 8.17. The number of nitrogens with zero attached hydrogens (tertiary/aromatic N) is 2. The Labute approximate surface area is 217 Å². The lowest BCUT2D eigenvalue weighted by atomic mass is 9.85. The highest BCUT2D eigenvalue weighted by Crippen LogP contribution is 2.32. The van der Waals surface area contributed by atoms with Crippen LogP contribution < -0.4 is 14.8 Å². The zero-order valence-corrected chi connectivity index (χ0v) is 22.8. The molecule has 1 aliphatic carbocycles. The molecule has 36 heavy (non-hydrogen) atoms. The molecule has 1 fully saturated rings. The summed E-state index contributed by atoms with van der Waals surface area (Å²) in [7, 11) is -4.00. The number of anilines is 2. The van der Waals surface area contributed by atoms with E-state index in [1.165, 1.54) is 11.3 Å². The second kappa shape index (κ2) is 11.1. The fourth-order valence-corrected chi connectivity index (χ4v) is 6.06. The van der Waals surface area contributed by atoms with E-state index in [9.17, 15) is 13.2 Å². The van der Waals surface area contributed by atoms with E-state index >= 15 is 0 Å². The quantitative estimate of drug-likeness (QED) is 0.323. The second-order valence-corrected chi connectivity index (χ2v) is 12.3. The van der Waals surface area contributed by atoms with Gasteiger partial charge in [0.1, 0.15) is 10.6 Å². The SMILES string of the molecule is CC(C)N(CCNc1ccc(S(=O)(=O)Oc2ccc3nc(NC(=O)C4CCC4)sc3c2)cc1)C(C)C. The number of benzene rings is 2. The number of nitrogens with one attached hydrogen (secondary N) is 2. The normalized spacial score (nSPS) is 14.4. The van der Waals surface area contributed by atoms with Crippen LogP contribution in [0.15, 0.2) is 47.4 Å². The zero-order chi connectivity index (χ0) is 25.9. The van der Waals surface area contributed by atoms with Gasteiger partial charge in [0.05, 0.1) is 10.2 Å². The third-order valence-electron chi connectivity index (χ3n) is 6.44. The summed E-state index contributed by atoms with van der Waals surface area (Å²) in [6.07, 6.45) is 2.92. The smallest absolute Gasteiger partial charge is 0.339 e. The molecule has 0 bridgehead atoms. The number of rotatable bonds is 11. The lowest BCUT2D eigenvalue weighted by molar-refractivity contribution is -0.122. The van der Waals surface area contributed by atoms with Crippen LogP contribution in [0.4, 0.5) is 10.8 Å². The van der Waals surface area contributed by atoms with Gasteiger partial charge in [-0.2, -0.15) is 8.42 Å². The van der Waals surface area contributed by atoms with Crippen molar-refractivity contribution >= 4 is 48.4 Å². The maximum Gasteiger partial charge on any atom is 0.339 e. The van der Waals surface area contributed by atoms with Gasteiger partial charge in [-0.1, -0.05) is 17.8 Å². The average molecular weight is 531 g/mol. The molecule has 1 aromatic heterocycles. The van der Waals surface area contributed by atoms with Crippen molar-refractivity contribution in [2.24, 2.45) is 5.92 Å². The summed E-state index contributed by atoms with van der Waals surface area (Å²) in [5.74, 6) is 0.263. The minimum atomic E-state index is -4.00. The molecule has 0 aliphatic heterocycles. The zero-order valence-electron chi connectivity index (χ0n) is 21.2. The molecule has 194 valence electrons. The maximum absolute atomic E-state index is 12.8. The molecule has 0 saturated heterocycles. The molecule has 1 heterocycles. The molecule has 0 radical (unpaired) electrons. The number of amides is 1. The van der Waals surface area contributed by atoms with E-state index < -0.39 is 10.1 Å². The predicted molar refractivity (Wildman–Crippen MR) is 145 cm³/mol. The summed E-state index contributed by atoms with van der Waals surface area (Å²) in [5, 5.41) is 6.72. The summed E-state index contributed by atoms with van der Waals surface area (Å²) < 4.78 is 31.8. The van der Waals surface area contributed by atoms with E-state index in [1.807, 2.05) is 0 Å². The highest BCUT2D eigenvalue weighted by molar-refractivity contribution is 7.87. The van der Waals surface area contributed by atoms with Crippen LogP contribution in [0.5, 0.6) is 5.75 Å². The van der Waals surface area contributed by atoms with Crippen molar-refractivity contribution in [2.75, 3.05) is 23.7 Å². The number of hydrogen-bond donors (Lipinski definition) is 2. The minimum absolute atomic E-state index is 0.00513. The Bertz CT molecular complexity index is 1290. The largest absolute Gasteiger partial charge is 0.384 e. The van der Waals surface area contributed by atoms with Gasteiger partial charge in [0.15, 0.2) is 5.13 Å². The van der Waals surface area contributed by atoms with Gasteiger partial charge in [-0.25, -0.2) is 4.98 Å². The molecule has 2 aromatic carbocycles. The van der Waals surface area contributed by atoms with Crippen LogP contribution in [0.3, 0.4) is 0 Å².